The van der Waals surface area contributed by atoms with Crippen molar-refractivity contribution >= 4 is 17.2 Å². The third kappa shape index (κ3) is 1.94. The van der Waals surface area contributed by atoms with Gasteiger partial charge in [0, 0.05) is 13.2 Å². The van der Waals surface area contributed by atoms with Gasteiger partial charge in [-0.2, -0.15) is 0 Å². The minimum absolute atomic E-state index is 0.0494. The van der Waals surface area contributed by atoms with Gasteiger partial charge < -0.3 is 5.32 Å². The molecule has 0 radical (unpaired) electrons. The molecule has 16 heavy (non-hydrogen) atoms. The Hall–Kier alpha value is -1.75. The molecule has 1 N–H and O–H groups in total. The first-order chi connectivity index (χ1) is 7.72. The summed E-state index contributed by atoms with van der Waals surface area (Å²) in [6, 6.07) is 4.45. The average Bonchev–Trinajstić information content (AvgIpc) is 2.82. The van der Waals surface area contributed by atoms with Crippen LogP contribution in [-0.4, -0.2) is 17.9 Å². The maximum absolute atomic E-state index is 13.4. The number of carbonyl (C=O) groups excluding carboxylic acids is 1. The topological polar surface area (TPSA) is 42.0 Å². The van der Waals surface area contributed by atoms with Gasteiger partial charge in [0.05, 0.1) is 16.0 Å². The number of rotatable bonds is 2. The molecule has 0 atom stereocenters. The smallest absolute Gasteiger partial charge is 0.254 e. The van der Waals surface area contributed by atoms with Gasteiger partial charge in [-0.05, 0) is 17.7 Å². The van der Waals surface area contributed by atoms with Crippen molar-refractivity contribution < 1.29 is 9.18 Å². The molecule has 0 aliphatic carbocycles. The van der Waals surface area contributed by atoms with Gasteiger partial charge >= 0.3 is 0 Å². The molecular formula is C11H9FN2OS. The van der Waals surface area contributed by atoms with Crippen LogP contribution >= 0.6 is 11.3 Å². The molecule has 1 aromatic heterocycles. The number of nitrogens with zero attached hydrogens (tertiary/aromatic N) is 1. The normalized spacial score (nSPS) is 10.1. The zero-order valence-electron chi connectivity index (χ0n) is 8.53. The molecule has 82 valence electrons. The number of amides is 1. The molecule has 0 spiro atoms. The van der Waals surface area contributed by atoms with Gasteiger partial charge in [0.2, 0.25) is 0 Å². The lowest BCUT2D eigenvalue weighted by Crippen LogP contribution is -2.19. The highest BCUT2D eigenvalue weighted by atomic mass is 32.1. The number of aromatic nitrogens is 1. The van der Waals surface area contributed by atoms with E-state index >= 15 is 0 Å². The van der Waals surface area contributed by atoms with Gasteiger partial charge in [0.1, 0.15) is 5.82 Å². The third-order valence-electron chi connectivity index (χ3n) is 2.15. The van der Waals surface area contributed by atoms with Crippen LogP contribution in [0.1, 0.15) is 10.4 Å². The van der Waals surface area contributed by atoms with Crippen molar-refractivity contribution in [2.75, 3.05) is 7.05 Å². The zero-order valence-corrected chi connectivity index (χ0v) is 9.34. The van der Waals surface area contributed by atoms with Crippen molar-refractivity contribution in [3.63, 3.8) is 0 Å². The van der Waals surface area contributed by atoms with Crippen LogP contribution in [0.25, 0.3) is 10.4 Å². The molecule has 0 aliphatic heterocycles. The fraction of sp³-hybridized carbons (Fsp3) is 0.0909. The van der Waals surface area contributed by atoms with E-state index in [1.165, 1.54) is 30.5 Å². The molecule has 5 heteroatoms. The summed E-state index contributed by atoms with van der Waals surface area (Å²) in [5.41, 5.74) is 2.54. The molecule has 0 saturated carbocycles. The minimum Gasteiger partial charge on any atom is -0.355 e. The van der Waals surface area contributed by atoms with E-state index in [9.17, 15) is 9.18 Å². The maximum Gasteiger partial charge on any atom is 0.254 e. The first-order valence-corrected chi connectivity index (χ1v) is 5.51. The molecule has 0 bridgehead atoms. The zero-order chi connectivity index (χ0) is 11.5. The Kier molecular flexibility index (Phi) is 2.96. The van der Waals surface area contributed by atoms with E-state index in [0.717, 1.165) is 10.4 Å². The Morgan fingerprint density at radius 2 is 2.31 bits per heavy atom. The summed E-state index contributed by atoms with van der Waals surface area (Å²) in [5, 5.41) is 2.40. The maximum atomic E-state index is 13.4. The van der Waals surface area contributed by atoms with Crippen LogP contribution in [-0.2, 0) is 0 Å². The molecule has 0 unspecified atom stereocenters. The second kappa shape index (κ2) is 4.40. The number of halogens is 1. The summed E-state index contributed by atoms with van der Waals surface area (Å²) in [6.45, 7) is 0. The number of benzene rings is 1. The summed E-state index contributed by atoms with van der Waals surface area (Å²) in [6.07, 6.45) is 1.69. The van der Waals surface area contributed by atoms with Crippen LogP contribution in [0.15, 0.2) is 29.9 Å². The summed E-state index contributed by atoms with van der Waals surface area (Å²) in [4.78, 5) is 16.2. The van der Waals surface area contributed by atoms with Crippen molar-refractivity contribution in [2.45, 2.75) is 0 Å². The highest BCUT2D eigenvalue weighted by molar-refractivity contribution is 7.13. The number of thiazole rings is 1. The number of hydrogen-bond donors (Lipinski definition) is 1. The molecule has 2 rings (SSSR count). The van der Waals surface area contributed by atoms with Gasteiger partial charge in [-0.3, -0.25) is 9.78 Å². The van der Waals surface area contributed by atoms with Crippen molar-refractivity contribution in [3.8, 4) is 10.4 Å². The summed E-state index contributed by atoms with van der Waals surface area (Å²) >= 11 is 1.44. The highest BCUT2D eigenvalue weighted by Crippen LogP contribution is 2.25. The molecule has 1 amide bonds. The monoisotopic (exact) mass is 236 g/mol. The standard InChI is InChI=1S/C11H9FN2OS/c1-13-11(15)8-4-7(2-3-9(8)12)10-5-14-6-16-10/h2-6H,1H3,(H,13,15). The fourth-order valence-electron chi connectivity index (χ4n) is 1.35. The third-order valence-corrected chi connectivity index (χ3v) is 2.98. The van der Waals surface area contributed by atoms with Gasteiger partial charge in [-0.1, -0.05) is 6.07 Å². The highest BCUT2D eigenvalue weighted by Gasteiger charge is 2.11. The average molecular weight is 236 g/mol. The Morgan fingerprint density at radius 1 is 1.50 bits per heavy atom. The van der Waals surface area contributed by atoms with Crippen molar-refractivity contribution in [3.05, 3.63) is 41.3 Å². The summed E-state index contributed by atoms with van der Waals surface area (Å²) in [7, 11) is 1.47. The molecular weight excluding hydrogens is 227 g/mol. The predicted octanol–water partition coefficient (Wildman–Crippen LogP) is 2.31. The first kappa shape index (κ1) is 10.8. The van der Waals surface area contributed by atoms with Gasteiger partial charge in [0.15, 0.2) is 0 Å². The Morgan fingerprint density at radius 3 is 2.94 bits per heavy atom. The van der Waals surface area contributed by atoms with Crippen LogP contribution in [0.2, 0.25) is 0 Å². The van der Waals surface area contributed by atoms with Crippen LogP contribution in [0.4, 0.5) is 4.39 Å². The van der Waals surface area contributed by atoms with Gasteiger partial charge in [-0.15, -0.1) is 11.3 Å². The molecule has 2 aromatic rings. The number of nitrogens with one attached hydrogen (secondary N) is 1. The molecule has 0 aliphatic rings. The minimum atomic E-state index is -0.521. The van der Waals surface area contributed by atoms with Crippen LogP contribution in [0.5, 0.6) is 0 Å². The molecule has 3 nitrogen and oxygen atoms in total. The van der Waals surface area contributed by atoms with E-state index in [1.54, 1.807) is 17.8 Å². The van der Waals surface area contributed by atoms with E-state index in [0.29, 0.717) is 0 Å². The van der Waals surface area contributed by atoms with Gasteiger partial charge in [-0.25, -0.2) is 4.39 Å². The fourth-order valence-corrected chi connectivity index (χ4v) is 1.97. The quantitative estimate of drug-likeness (QED) is 0.869. The van der Waals surface area contributed by atoms with E-state index in [1.807, 2.05) is 0 Å². The first-order valence-electron chi connectivity index (χ1n) is 4.63. The van der Waals surface area contributed by atoms with E-state index in [-0.39, 0.29) is 5.56 Å². The lowest BCUT2D eigenvalue weighted by Gasteiger charge is -2.03. The molecule has 1 aromatic carbocycles. The lowest BCUT2D eigenvalue weighted by molar-refractivity contribution is 0.0959. The Labute approximate surface area is 96.0 Å². The molecule has 0 fully saturated rings. The SMILES string of the molecule is CNC(=O)c1cc(-c2cncs2)ccc1F. The Balaban J connectivity index is 2.47. The van der Waals surface area contributed by atoms with Crippen molar-refractivity contribution in [1.82, 2.24) is 10.3 Å². The van der Waals surface area contributed by atoms with E-state index in [2.05, 4.69) is 10.3 Å². The van der Waals surface area contributed by atoms with Crippen LogP contribution in [0.3, 0.4) is 0 Å². The van der Waals surface area contributed by atoms with E-state index in [4.69, 9.17) is 0 Å². The van der Waals surface area contributed by atoms with Crippen molar-refractivity contribution in [2.24, 2.45) is 0 Å². The number of hydrogen-bond acceptors (Lipinski definition) is 3. The van der Waals surface area contributed by atoms with Crippen LogP contribution < -0.4 is 5.32 Å². The summed E-state index contributed by atoms with van der Waals surface area (Å²) in [5.74, 6) is -0.948. The second-order valence-corrected chi connectivity index (χ2v) is 4.03. The van der Waals surface area contributed by atoms with Crippen LogP contribution in [0, 0.1) is 5.82 Å². The largest absolute Gasteiger partial charge is 0.355 e. The second-order valence-electron chi connectivity index (χ2n) is 3.14. The summed E-state index contributed by atoms with van der Waals surface area (Å²) < 4.78 is 13.4. The Bertz CT molecular complexity index is 511. The molecule has 0 saturated heterocycles. The van der Waals surface area contributed by atoms with Crippen molar-refractivity contribution in [1.29, 1.82) is 0 Å². The number of carbonyl (C=O) groups is 1. The van der Waals surface area contributed by atoms with E-state index < -0.39 is 11.7 Å². The molecule has 1 heterocycles. The predicted molar refractivity (Wildman–Crippen MR) is 60.9 cm³/mol. The van der Waals surface area contributed by atoms with Gasteiger partial charge in [0.25, 0.3) is 5.91 Å². The lowest BCUT2D eigenvalue weighted by atomic mass is 10.1.